The second kappa shape index (κ2) is 4.12. The third-order valence-electron chi connectivity index (χ3n) is 1.85. The molecule has 2 aromatic rings. The Kier molecular flexibility index (Phi) is 2.85. The van der Waals surface area contributed by atoms with E-state index < -0.39 is 0 Å². The maximum atomic E-state index is 5.95. The van der Waals surface area contributed by atoms with Crippen LogP contribution in [0.15, 0.2) is 11.6 Å². The van der Waals surface area contributed by atoms with Gasteiger partial charge >= 0.3 is 0 Å². The number of nitrogens with zero attached hydrogens (tertiary/aromatic N) is 3. The van der Waals surface area contributed by atoms with E-state index in [0.717, 1.165) is 22.8 Å². The Morgan fingerprint density at radius 2 is 2.43 bits per heavy atom. The van der Waals surface area contributed by atoms with Crippen LogP contribution in [0.1, 0.15) is 22.4 Å². The second-order valence-corrected chi connectivity index (χ2v) is 4.62. The summed E-state index contributed by atoms with van der Waals surface area (Å²) in [6.07, 6.45) is 2.45. The van der Waals surface area contributed by atoms with Crippen LogP contribution in [0.4, 0.5) is 0 Å². The number of rotatable bonds is 3. The van der Waals surface area contributed by atoms with Crippen molar-refractivity contribution in [3.05, 3.63) is 28.0 Å². The van der Waals surface area contributed by atoms with Gasteiger partial charge in [-0.15, -0.1) is 11.3 Å². The van der Waals surface area contributed by atoms with Gasteiger partial charge in [-0.2, -0.15) is 8.75 Å². The van der Waals surface area contributed by atoms with E-state index in [0.29, 0.717) is 0 Å². The Morgan fingerprint density at radius 3 is 3.00 bits per heavy atom. The molecule has 14 heavy (non-hydrogen) atoms. The van der Waals surface area contributed by atoms with E-state index in [1.165, 1.54) is 11.7 Å². The lowest BCUT2D eigenvalue weighted by atomic mass is 10.1. The minimum Gasteiger partial charge on any atom is -0.322 e. The fourth-order valence-corrected chi connectivity index (χ4v) is 2.27. The lowest BCUT2D eigenvalue weighted by Crippen LogP contribution is -2.13. The van der Waals surface area contributed by atoms with Crippen LogP contribution in [0, 0.1) is 6.92 Å². The fraction of sp³-hybridized carbons (Fsp3) is 0.375. The highest BCUT2D eigenvalue weighted by Crippen LogP contribution is 2.16. The SMILES string of the molecule is Cc1nc(CC(N)c2cnsn2)cs1. The molecule has 0 aliphatic heterocycles. The Labute approximate surface area is 90.1 Å². The molecule has 0 fully saturated rings. The first-order chi connectivity index (χ1) is 6.75. The van der Waals surface area contributed by atoms with Crippen molar-refractivity contribution in [2.24, 2.45) is 5.73 Å². The highest BCUT2D eigenvalue weighted by atomic mass is 32.1. The highest BCUT2D eigenvalue weighted by molar-refractivity contribution is 7.09. The molecule has 0 saturated heterocycles. The van der Waals surface area contributed by atoms with E-state index in [-0.39, 0.29) is 6.04 Å². The van der Waals surface area contributed by atoms with Crippen molar-refractivity contribution in [3.63, 3.8) is 0 Å². The van der Waals surface area contributed by atoms with Crippen LogP contribution in [0.25, 0.3) is 0 Å². The summed E-state index contributed by atoms with van der Waals surface area (Å²) in [5, 5.41) is 3.11. The molecule has 6 heteroatoms. The van der Waals surface area contributed by atoms with Crippen LogP contribution >= 0.6 is 23.1 Å². The average molecular weight is 226 g/mol. The van der Waals surface area contributed by atoms with Gasteiger partial charge < -0.3 is 5.73 Å². The molecule has 0 spiro atoms. The van der Waals surface area contributed by atoms with Crippen molar-refractivity contribution in [2.75, 3.05) is 0 Å². The molecule has 1 atom stereocenters. The zero-order valence-corrected chi connectivity index (χ0v) is 9.31. The summed E-state index contributed by atoms with van der Waals surface area (Å²) in [5.41, 5.74) is 7.83. The van der Waals surface area contributed by atoms with Crippen molar-refractivity contribution in [1.82, 2.24) is 13.7 Å². The Morgan fingerprint density at radius 1 is 1.57 bits per heavy atom. The van der Waals surface area contributed by atoms with E-state index in [2.05, 4.69) is 13.7 Å². The van der Waals surface area contributed by atoms with Gasteiger partial charge in [-0.3, -0.25) is 0 Å². The monoisotopic (exact) mass is 226 g/mol. The summed E-state index contributed by atoms with van der Waals surface area (Å²) < 4.78 is 8.02. The first-order valence-electron chi connectivity index (χ1n) is 4.20. The number of thiazole rings is 1. The predicted octanol–water partition coefficient (Wildman–Crippen LogP) is 1.55. The average Bonchev–Trinajstić information content (AvgIpc) is 2.75. The van der Waals surface area contributed by atoms with Crippen molar-refractivity contribution in [1.29, 1.82) is 0 Å². The Bertz CT molecular complexity index is 395. The molecule has 4 nitrogen and oxygen atoms in total. The van der Waals surface area contributed by atoms with Crippen LogP contribution in [-0.4, -0.2) is 13.7 Å². The molecule has 0 aliphatic carbocycles. The summed E-state index contributed by atoms with van der Waals surface area (Å²) in [6.45, 7) is 1.99. The zero-order valence-electron chi connectivity index (χ0n) is 7.67. The molecule has 0 aromatic carbocycles. The van der Waals surface area contributed by atoms with Gasteiger partial charge in [0.05, 0.1) is 40.4 Å². The summed E-state index contributed by atoms with van der Waals surface area (Å²) in [5.74, 6) is 0. The molecule has 1 unspecified atom stereocenters. The van der Waals surface area contributed by atoms with Gasteiger partial charge in [-0.1, -0.05) is 0 Å². The molecule has 0 radical (unpaired) electrons. The Balaban J connectivity index is 2.05. The first kappa shape index (κ1) is 9.70. The molecule has 0 saturated carbocycles. The standard InChI is InChI=1S/C8H10N4S2/c1-5-11-6(4-13-5)2-7(9)8-3-10-14-12-8/h3-4,7H,2,9H2,1H3. The molecular weight excluding hydrogens is 216 g/mol. The van der Waals surface area contributed by atoms with Crippen LogP contribution in [0.5, 0.6) is 0 Å². The minimum absolute atomic E-state index is 0.0877. The van der Waals surface area contributed by atoms with Crippen LogP contribution in [-0.2, 0) is 6.42 Å². The molecular formula is C8H10N4S2. The van der Waals surface area contributed by atoms with E-state index in [1.807, 2.05) is 12.3 Å². The summed E-state index contributed by atoms with van der Waals surface area (Å²) in [6, 6.07) is -0.0877. The number of hydrogen-bond acceptors (Lipinski definition) is 6. The van der Waals surface area contributed by atoms with Gasteiger partial charge in [0, 0.05) is 11.8 Å². The van der Waals surface area contributed by atoms with Gasteiger partial charge in [0.25, 0.3) is 0 Å². The second-order valence-electron chi connectivity index (χ2n) is 3.00. The van der Waals surface area contributed by atoms with E-state index in [4.69, 9.17) is 5.73 Å². The number of aromatic nitrogens is 3. The summed E-state index contributed by atoms with van der Waals surface area (Å²) in [7, 11) is 0. The zero-order chi connectivity index (χ0) is 9.97. The quantitative estimate of drug-likeness (QED) is 0.862. The fourth-order valence-electron chi connectivity index (χ4n) is 1.17. The minimum atomic E-state index is -0.0877. The Hall–Kier alpha value is -0.850. The topological polar surface area (TPSA) is 64.7 Å². The van der Waals surface area contributed by atoms with Gasteiger partial charge in [-0.25, -0.2) is 4.98 Å². The first-order valence-corrected chi connectivity index (χ1v) is 5.81. The van der Waals surface area contributed by atoms with Gasteiger partial charge in [0.15, 0.2) is 0 Å². The van der Waals surface area contributed by atoms with E-state index in [1.54, 1.807) is 17.5 Å². The number of aryl methyl sites for hydroxylation is 1. The molecule has 0 bridgehead atoms. The molecule has 2 heterocycles. The molecule has 74 valence electrons. The maximum Gasteiger partial charge on any atom is 0.0914 e. The molecule has 0 aliphatic rings. The van der Waals surface area contributed by atoms with E-state index in [9.17, 15) is 0 Å². The largest absolute Gasteiger partial charge is 0.322 e. The van der Waals surface area contributed by atoms with Crippen LogP contribution in [0.2, 0.25) is 0 Å². The lowest BCUT2D eigenvalue weighted by molar-refractivity contribution is 0.692. The number of hydrogen-bond donors (Lipinski definition) is 1. The maximum absolute atomic E-state index is 5.95. The van der Waals surface area contributed by atoms with Crippen LogP contribution < -0.4 is 5.73 Å². The highest BCUT2D eigenvalue weighted by Gasteiger charge is 2.11. The van der Waals surface area contributed by atoms with Crippen molar-refractivity contribution in [2.45, 2.75) is 19.4 Å². The predicted molar refractivity (Wildman–Crippen MR) is 57.4 cm³/mol. The van der Waals surface area contributed by atoms with Crippen molar-refractivity contribution >= 4 is 23.1 Å². The number of nitrogens with two attached hydrogens (primary N) is 1. The van der Waals surface area contributed by atoms with Crippen molar-refractivity contribution < 1.29 is 0 Å². The van der Waals surface area contributed by atoms with Gasteiger partial charge in [0.1, 0.15) is 0 Å². The third-order valence-corrected chi connectivity index (χ3v) is 3.17. The molecule has 2 rings (SSSR count). The lowest BCUT2D eigenvalue weighted by Gasteiger charge is -2.04. The van der Waals surface area contributed by atoms with Crippen molar-refractivity contribution in [3.8, 4) is 0 Å². The van der Waals surface area contributed by atoms with Gasteiger partial charge in [0.2, 0.25) is 0 Å². The smallest absolute Gasteiger partial charge is 0.0914 e. The summed E-state index contributed by atoms with van der Waals surface area (Å²) in [4.78, 5) is 4.35. The summed E-state index contributed by atoms with van der Waals surface area (Å²) >= 11 is 2.83. The van der Waals surface area contributed by atoms with Crippen LogP contribution in [0.3, 0.4) is 0 Å². The molecule has 2 N–H and O–H groups in total. The van der Waals surface area contributed by atoms with E-state index >= 15 is 0 Å². The van der Waals surface area contributed by atoms with Gasteiger partial charge in [-0.05, 0) is 6.92 Å². The molecule has 2 aromatic heterocycles. The normalized spacial score (nSPS) is 13.0. The third kappa shape index (κ3) is 2.14. The molecule has 0 amide bonds.